The zero-order valence-corrected chi connectivity index (χ0v) is 12.7. The normalized spacial score (nSPS) is 20.6. The molecule has 0 atom stereocenters. The topological polar surface area (TPSA) is 52.6 Å². The highest BCUT2D eigenvalue weighted by Gasteiger charge is 2.41. The van der Waals surface area contributed by atoms with Gasteiger partial charge in [0, 0.05) is 25.3 Å². The third kappa shape index (κ3) is 3.71. The van der Waals surface area contributed by atoms with Gasteiger partial charge in [-0.15, -0.1) is 0 Å². The average molecular weight is 315 g/mol. The van der Waals surface area contributed by atoms with Crippen LogP contribution in [0.3, 0.4) is 0 Å². The number of carbonyl (C=O) groups is 1. The van der Waals surface area contributed by atoms with E-state index in [2.05, 4.69) is 10.2 Å². The number of rotatable bonds is 5. The van der Waals surface area contributed by atoms with Crippen molar-refractivity contribution in [2.24, 2.45) is 0 Å². The lowest BCUT2D eigenvalue weighted by molar-refractivity contribution is -0.144. The fourth-order valence-corrected chi connectivity index (χ4v) is 2.88. The molecule has 0 bridgehead atoms. The van der Waals surface area contributed by atoms with Crippen LogP contribution in [-0.2, 0) is 11.3 Å². The lowest BCUT2D eigenvalue weighted by Crippen LogP contribution is -2.54. The smallest absolute Gasteiger partial charge is 0.329 e. The Hall–Kier alpha value is -2.33. The van der Waals surface area contributed by atoms with Crippen LogP contribution in [0.1, 0.15) is 25.3 Å². The van der Waals surface area contributed by atoms with Gasteiger partial charge in [-0.05, 0) is 30.5 Å². The SMILES string of the molecule is [2H]c1c([2H])c([2H])c(NC2(C(=O)O)CCN(Cc3ccccc3)CC2)c([2H])c1[2H]. The predicted molar refractivity (Wildman–Crippen MR) is 91.4 cm³/mol. The number of aliphatic carboxylic acids is 1. The third-order valence-electron chi connectivity index (χ3n) is 4.23. The van der Waals surface area contributed by atoms with Gasteiger partial charge in [0.25, 0.3) is 0 Å². The van der Waals surface area contributed by atoms with Gasteiger partial charge in [0.15, 0.2) is 0 Å². The van der Waals surface area contributed by atoms with Crippen LogP contribution in [0.5, 0.6) is 0 Å². The van der Waals surface area contributed by atoms with Crippen molar-refractivity contribution in [3.63, 3.8) is 0 Å². The summed E-state index contributed by atoms with van der Waals surface area (Å²) in [5.74, 6) is -1.08. The van der Waals surface area contributed by atoms with Crippen molar-refractivity contribution in [1.29, 1.82) is 0 Å². The molecule has 1 aliphatic heterocycles. The molecule has 0 aromatic heterocycles. The molecule has 1 aliphatic rings. The Morgan fingerprint density at radius 3 is 2.43 bits per heavy atom. The second kappa shape index (κ2) is 6.84. The molecule has 4 heteroatoms. The third-order valence-corrected chi connectivity index (χ3v) is 4.23. The molecular formula is C19H22N2O2. The van der Waals surface area contributed by atoms with E-state index in [9.17, 15) is 9.90 Å². The number of nitrogens with one attached hydrogen (secondary N) is 1. The summed E-state index contributed by atoms with van der Waals surface area (Å²) < 4.78 is 39.3. The maximum atomic E-state index is 12.1. The van der Waals surface area contributed by atoms with Crippen LogP contribution in [-0.4, -0.2) is 34.6 Å². The molecule has 0 spiro atoms. The second-order valence-electron chi connectivity index (χ2n) is 5.77. The Balaban J connectivity index is 1.81. The number of likely N-dealkylation sites (tertiary alicyclic amines) is 1. The highest BCUT2D eigenvalue weighted by molar-refractivity contribution is 5.83. The molecule has 1 saturated heterocycles. The van der Waals surface area contributed by atoms with Gasteiger partial charge in [-0.25, -0.2) is 4.79 Å². The number of benzene rings is 2. The first-order valence-electron chi connectivity index (χ1n) is 10.1. The first kappa shape index (κ1) is 10.4. The summed E-state index contributed by atoms with van der Waals surface area (Å²) in [5.41, 5.74) is -0.393. The maximum absolute atomic E-state index is 12.1. The molecule has 0 amide bonds. The van der Waals surface area contributed by atoms with Gasteiger partial charge in [0.05, 0.1) is 6.85 Å². The standard InChI is InChI=1S/C19H22N2O2/c22-18(23)19(20-17-9-5-2-6-10-17)11-13-21(14-12-19)15-16-7-3-1-4-8-16/h1-10,20H,11-15H2,(H,22,23)/i2D,5D,6D,9D,10D. The Morgan fingerprint density at radius 2 is 1.83 bits per heavy atom. The molecule has 2 aromatic rings. The minimum absolute atomic E-state index is 0.162. The number of carboxylic acid groups (broad SMARTS) is 1. The fourth-order valence-electron chi connectivity index (χ4n) is 2.88. The van der Waals surface area contributed by atoms with Crippen LogP contribution in [0.15, 0.2) is 60.5 Å². The highest BCUT2D eigenvalue weighted by Crippen LogP contribution is 2.28. The van der Waals surface area contributed by atoms with Crippen LogP contribution in [0.4, 0.5) is 5.69 Å². The molecule has 0 radical (unpaired) electrons. The largest absolute Gasteiger partial charge is 0.480 e. The second-order valence-corrected chi connectivity index (χ2v) is 5.77. The molecule has 0 unspecified atom stereocenters. The fraction of sp³-hybridized carbons (Fsp3) is 0.316. The van der Waals surface area contributed by atoms with E-state index in [4.69, 9.17) is 6.85 Å². The van der Waals surface area contributed by atoms with Gasteiger partial charge >= 0.3 is 5.97 Å². The Labute approximate surface area is 143 Å². The van der Waals surface area contributed by atoms with Crippen molar-refractivity contribution >= 4 is 11.7 Å². The summed E-state index contributed by atoms with van der Waals surface area (Å²) in [6.45, 7) is 1.75. The van der Waals surface area contributed by atoms with Crippen LogP contribution in [0.2, 0.25) is 0 Å². The minimum Gasteiger partial charge on any atom is -0.480 e. The zero-order chi connectivity index (χ0) is 20.5. The Bertz CT molecular complexity index is 855. The molecule has 2 aromatic carbocycles. The quantitative estimate of drug-likeness (QED) is 0.889. The lowest BCUT2D eigenvalue weighted by atomic mass is 9.87. The van der Waals surface area contributed by atoms with Gasteiger partial charge in [-0.1, -0.05) is 48.5 Å². The van der Waals surface area contributed by atoms with Crippen LogP contribution in [0.25, 0.3) is 0 Å². The summed E-state index contributed by atoms with van der Waals surface area (Å²) in [7, 11) is 0. The van der Waals surface area contributed by atoms with E-state index < -0.39 is 41.7 Å². The highest BCUT2D eigenvalue weighted by atomic mass is 16.4. The molecule has 0 saturated carbocycles. The molecule has 2 N–H and O–H groups in total. The molecule has 1 fully saturated rings. The minimum atomic E-state index is -1.37. The van der Waals surface area contributed by atoms with Crippen molar-refractivity contribution in [1.82, 2.24) is 4.90 Å². The number of hydrogen-bond donors (Lipinski definition) is 2. The summed E-state index contributed by atoms with van der Waals surface area (Å²) in [4.78, 5) is 14.2. The number of para-hydroxylation sites is 1. The van der Waals surface area contributed by atoms with Crippen molar-refractivity contribution in [2.45, 2.75) is 24.9 Å². The summed E-state index contributed by atoms with van der Waals surface area (Å²) in [6.07, 6.45) is 0.523. The number of anilines is 1. The Kier molecular flexibility index (Phi) is 3.10. The van der Waals surface area contributed by atoms with Crippen molar-refractivity contribution in [3.05, 3.63) is 66.1 Å². The predicted octanol–water partition coefficient (Wildman–Crippen LogP) is 3.22. The molecule has 1 heterocycles. The van der Waals surface area contributed by atoms with Gasteiger partial charge in [-0.2, -0.15) is 0 Å². The first-order chi connectivity index (χ1) is 13.2. The zero-order valence-electron chi connectivity index (χ0n) is 17.7. The molecule has 3 rings (SSSR count). The lowest BCUT2D eigenvalue weighted by Gasteiger charge is -2.40. The van der Waals surface area contributed by atoms with E-state index in [0.717, 1.165) is 5.56 Å². The first-order valence-corrected chi connectivity index (χ1v) is 7.60. The number of piperidine rings is 1. The van der Waals surface area contributed by atoms with Crippen LogP contribution >= 0.6 is 0 Å². The van der Waals surface area contributed by atoms with E-state index >= 15 is 0 Å². The van der Waals surface area contributed by atoms with E-state index in [1.807, 2.05) is 30.3 Å². The van der Waals surface area contributed by atoms with Gasteiger partial charge in [0.2, 0.25) is 0 Å². The average Bonchev–Trinajstić information content (AvgIpc) is 2.70. The van der Waals surface area contributed by atoms with Crippen molar-refractivity contribution < 1.29 is 16.8 Å². The molecular weight excluding hydrogens is 288 g/mol. The summed E-state index contributed by atoms with van der Waals surface area (Å²) in [6, 6.07) is 7.60. The van der Waals surface area contributed by atoms with Crippen molar-refractivity contribution in [2.75, 3.05) is 18.4 Å². The number of hydrogen-bond acceptors (Lipinski definition) is 3. The van der Waals surface area contributed by atoms with E-state index in [1.165, 1.54) is 0 Å². The van der Waals surface area contributed by atoms with Crippen molar-refractivity contribution in [3.8, 4) is 0 Å². The van der Waals surface area contributed by atoms with Gasteiger partial charge < -0.3 is 10.4 Å². The molecule has 4 nitrogen and oxygen atoms in total. The van der Waals surface area contributed by atoms with Crippen LogP contribution < -0.4 is 5.32 Å². The summed E-state index contributed by atoms with van der Waals surface area (Å²) >= 11 is 0. The molecule has 120 valence electrons. The monoisotopic (exact) mass is 315 g/mol. The van der Waals surface area contributed by atoms with E-state index in [1.54, 1.807) is 0 Å². The Morgan fingerprint density at radius 1 is 1.17 bits per heavy atom. The number of nitrogens with zero attached hydrogens (tertiary/aromatic N) is 1. The molecule has 23 heavy (non-hydrogen) atoms. The van der Waals surface area contributed by atoms with E-state index in [-0.39, 0.29) is 18.5 Å². The number of carboxylic acids is 1. The van der Waals surface area contributed by atoms with Gasteiger partial charge in [0.1, 0.15) is 5.54 Å². The summed E-state index contributed by atoms with van der Waals surface area (Å²) in [5, 5.41) is 12.7. The maximum Gasteiger partial charge on any atom is 0.329 e. The van der Waals surface area contributed by atoms with Crippen LogP contribution in [0, 0.1) is 0 Å². The van der Waals surface area contributed by atoms with E-state index in [0.29, 0.717) is 19.6 Å². The van der Waals surface area contributed by atoms with Gasteiger partial charge in [-0.3, -0.25) is 4.90 Å². The molecule has 0 aliphatic carbocycles.